The third-order valence-corrected chi connectivity index (χ3v) is 4.20. The summed E-state index contributed by atoms with van der Waals surface area (Å²) >= 11 is 9.51. The van der Waals surface area contributed by atoms with Crippen molar-refractivity contribution in [3.05, 3.63) is 56.5 Å². The maximum Gasteiger partial charge on any atom is 0.255 e. The summed E-state index contributed by atoms with van der Waals surface area (Å²) in [7, 11) is 0. The third-order valence-electron chi connectivity index (χ3n) is 3.14. The average Bonchev–Trinajstić information content (AvgIpc) is 2.44. The van der Waals surface area contributed by atoms with Crippen LogP contribution >= 0.6 is 27.5 Å². The first kappa shape index (κ1) is 15.8. The molecule has 0 aliphatic rings. The molecule has 0 aromatic heterocycles. The summed E-state index contributed by atoms with van der Waals surface area (Å²) in [6.45, 7) is 3.78. The van der Waals surface area contributed by atoms with Gasteiger partial charge in [0, 0.05) is 15.1 Å². The molecular weight excluding hydrogens is 354 g/mol. The maximum absolute atomic E-state index is 12.3. The van der Waals surface area contributed by atoms with Gasteiger partial charge in [0.1, 0.15) is 0 Å². The number of anilines is 2. The Morgan fingerprint density at radius 2 is 1.86 bits per heavy atom. The second kappa shape index (κ2) is 6.47. The van der Waals surface area contributed by atoms with Crippen molar-refractivity contribution in [2.75, 3.05) is 10.7 Å². The molecule has 2 aromatic rings. The summed E-state index contributed by atoms with van der Waals surface area (Å²) in [4.78, 5) is 12.3. The number of hydrazine groups is 1. The lowest BCUT2D eigenvalue weighted by Gasteiger charge is -2.11. The highest BCUT2D eigenvalue weighted by atomic mass is 79.9. The second-order valence-corrected chi connectivity index (χ2v) is 5.97. The van der Waals surface area contributed by atoms with Crippen molar-refractivity contribution in [3.8, 4) is 0 Å². The van der Waals surface area contributed by atoms with Gasteiger partial charge in [-0.1, -0.05) is 11.6 Å². The SMILES string of the molecule is Cc1cc(Br)c(NC(=O)c2ccc(NN)c(C)c2)cc1Cl. The molecule has 0 saturated heterocycles. The number of carbonyl (C=O) groups excluding carboxylic acids is 1. The summed E-state index contributed by atoms with van der Waals surface area (Å²) < 4.78 is 0.787. The second-order valence-electron chi connectivity index (χ2n) is 4.71. The fraction of sp³-hybridized carbons (Fsp3) is 0.133. The van der Waals surface area contributed by atoms with Crippen molar-refractivity contribution in [1.82, 2.24) is 0 Å². The molecule has 110 valence electrons. The number of amides is 1. The number of hydrogen-bond donors (Lipinski definition) is 3. The van der Waals surface area contributed by atoms with E-state index in [1.54, 1.807) is 24.3 Å². The summed E-state index contributed by atoms with van der Waals surface area (Å²) in [6.07, 6.45) is 0. The van der Waals surface area contributed by atoms with E-state index in [0.717, 1.165) is 21.3 Å². The highest BCUT2D eigenvalue weighted by Gasteiger charge is 2.11. The van der Waals surface area contributed by atoms with E-state index in [1.807, 2.05) is 19.9 Å². The van der Waals surface area contributed by atoms with E-state index in [2.05, 4.69) is 26.7 Å². The number of halogens is 2. The Morgan fingerprint density at radius 1 is 1.14 bits per heavy atom. The van der Waals surface area contributed by atoms with E-state index < -0.39 is 0 Å². The highest BCUT2D eigenvalue weighted by molar-refractivity contribution is 9.10. The van der Waals surface area contributed by atoms with Gasteiger partial charge in [0.05, 0.1) is 11.4 Å². The van der Waals surface area contributed by atoms with Gasteiger partial charge in [-0.2, -0.15) is 0 Å². The Hall–Kier alpha value is -1.56. The summed E-state index contributed by atoms with van der Waals surface area (Å²) in [5, 5.41) is 3.44. The molecule has 0 atom stereocenters. The molecule has 0 radical (unpaired) electrons. The van der Waals surface area contributed by atoms with Crippen molar-refractivity contribution in [1.29, 1.82) is 0 Å². The molecule has 0 heterocycles. The van der Waals surface area contributed by atoms with Crippen LogP contribution < -0.4 is 16.6 Å². The molecule has 4 N–H and O–H groups in total. The van der Waals surface area contributed by atoms with E-state index in [0.29, 0.717) is 16.3 Å². The standard InChI is InChI=1S/C15H15BrClN3O/c1-8-6-11(16)14(7-12(8)17)19-15(21)10-3-4-13(20-18)9(2)5-10/h3-7,20H,18H2,1-2H3,(H,19,21). The zero-order chi connectivity index (χ0) is 15.6. The van der Waals surface area contributed by atoms with Crippen LogP contribution in [0.4, 0.5) is 11.4 Å². The molecule has 2 rings (SSSR count). The molecule has 0 aliphatic heterocycles. The summed E-state index contributed by atoms with van der Waals surface area (Å²) in [6, 6.07) is 8.84. The summed E-state index contributed by atoms with van der Waals surface area (Å²) in [5.41, 5.74) is 6.38. The van der Waals surface area contributed by atoms with Crippen LogP contribution in [0, 0.1) is 13.8 Å². The predicted molar refractivity (Wildman–Crippen MR) is 90.8 cm³/mol. The fourth-order valence-electron chi connectivity index (χ4n) is 1.90. The van der Waals surface area contributed by atoms with E-state index in [-0.39, 0.29) is 5.91 Å². The van der Waals surface area contributed by atoms with Gasteiger partial charge < -0.3 is 10.7 Å². The monoisotopic (exact) mass is 367 g/mol. The number of nitrogens with one attached hydrogen (secondary N) is 2. The van der Waals surface area contributed by atoms with Crippen molar-refractivity contribution >= 4 is 44.8 Å². The number of rotatable bonds is 3. The molecule has 4 nitrogen and oxygen atoms in total. The number of hydrogen-bond acceptors (Lipinski definition) is 3. The van der Waals surface area contributed by atoms with E-state index >= 15 is 0 Å². The zero-order valence-electron chi connectivity index (χ0n) is 11.6. The van der Waals surface area contributed by atoms with Gasteiger partial charge >= 0.3 is 0 Å². The molecule has 1 amide bonds. The summed E-state index contributed by atoms with van der Waals surface area (Å²) in [5.74, 6) is 5.17. The topological polar surface area (TPSA) is 67.2 Å². The minimum Gasteiger partial charge on any atom is -0.324 e. The minimum atomic E-state index is -0.206. The first-order valence-corrected chi connectivity index (χ1v) is 7.43. The van der Waals surface area contributed by atoms with Crippen molar-refractivity contribution in [3.63, 3.8) is 0 Å². The molecule has 2 aromatic carbocycles. The van der Waals surface area contributed by atoms with Crippen molar-refractivity contribution in [2.45, 2.75) is 13.8 Å². The van der Waals surface area contributed by atoms with Gasteiger partial charge in [-0.15, -0.1) is 0 Å². The van der Waals surface area contributed by atoms with Crippen LogP contribution in [0.1, 0.15) is 21.5 Å². The van der Waals surface area contributed by atoms with Crippen molar-refractivity contribution < 1.29 is 4.79 Å². The Morgan fingerprint density at radius 3 is 2.48 bits per heavy atom. The number of carbonyl (C=O) groups is 1. The molecule has 0 aliphatic carbocycles. The number of benzene rings is 2. The predicted octanol–water partition coefficient (Wildman–Crippen LogP) is 4.26. The van der Waals surface area contributed by atoms with Crippen LogP contribution in [-0.2, 0) is 0 Å². The largest absolute Gasteiger partial charge is 0.324 e. The van der Waals surface area contributed by atoms with Crippen LogP contribution in [0.25, 0.3) is 0 Å². The molecule has 0 fully saturated rings. The van der Waals surface area contributed by atoms with Crippen molar-refractivity contribution in [2.24, 2.45) is 5.84 Å². The van der Waals surface area contributed by atoms with E-state index in [9.17, 15) is 4.79 Å². The van der Waals surface area contributed by atoms with E-state index in [4.69, 9.17) is 17.4 Å². The zero-order valence-corrected chi connectivity index (χ0v) is 14.0. The Bertz CT molecular complexity index is 704. The molecule has 0 saturated carbocycles. The van der Waals surface area contributed by atoms with Gasteiger partial charge in [0.2, 0.25) is 0 Å². The van der Waals surface area contributed by atoms with Gasteiger partial charge in [-0.3, -0.25) is 10.6 Å². The molecule has 0 unspecified atom stereocenters. The van der Waals surface area contributed by atoms with Crippen LogP contribution in [0.5, 0.6) is 0 Å². The number of nitrogen functional groups attached to an aromatic ring is 1. The van der Waals surface area contributed by atoms with Gasteiger partial charge in [-0.05, 0) is 71.2 Å². The van der Waals surface area contributed by atoms with Crippen LogP contribution in [0.2, 0.25) is 5.02 Å². The van der Waals surface area contributed by atoms with Crippen LogP contribution in [0.15, 0.2) is 34.8 Å². The number of nitrogens with two attached hydrogens (primary N) is 1. The lowest BCUT2D eigenvalue weighted by atomic mass is 10.1. The Kier molecular flexibility index (Phi) is 4.88. The normalized spacial score (nSPS) is 10.3. The smallest absolute Gasteiger partial charge is 0.255 e. The molecule has 21 heavy (non-hydrogen) atoms. The molecule has 0 spiro atoms. The molecule has 6 heteroatoms. The van der Waals surface area contributed by atoms with Gasteiger partial charge in [0.15, 0.2) is 0 Å². The lowest BCUT2D eigenvalue weighted by Crippen LogP contribution is -2.14. The van der Waals surface area contributed by atoms with E-state index in [1.165, 1.54) is 0 Å². The quantitative estimate of drug-likeness (QED) is 0.560. The van der Waals surface area contributed by atoms with Crippen LogP contribution in [0.3, 0.4) is 0 Å². The van der Waals surface area contributed by atoms with Crippen LogP contribution in [-0.4, -0.2) is 5.91 Å². The number of aryl methyl sites for hydroxylation is 2. The maximum atomic E-state index is 12.3. The first-order chi connectivity index (χ1) is 9.92. The van der Waals surface area contributed by atoms with Gasteiger partial charge in [-0.25, -0.2) is 0 Å². The highest BCUT2D eigenvalue weighted by Crippen LogP contribution is 2.29. The first-order valence-electron chi connectivity index (χ1n) is 6.26. The van der Waals surface area contributed by atoms with Gasteiger partial charge in [0.25, 0.3) is 5.91 Å². The third kappa shape index (κ3) is 3.56. The minimum absolute atomic E-state index is 0.206. The fourth-order valence-corrected chi connectivity index (χ4v) is 2.62. The Labute approximate surface area is 136 Å². The average molecular weight is 369 g/mol. The lowest BCUT2D eigenvalue weighted by molar-refractivity contribution is 0.102. The molecule has 0 bridgehead atoms. The molecular formula is C15H15BrClN3O. The Balaban J connectivity index is 2.26.